The van der Waals surface area contributed by atoms with E-state index >= 15 is 0 Å². The highest BCUT2D eigenvalue weighted by molar-refractivity contribution is 5.97. The van der Waals surface area contributed by atoms with Crippen LogP contribution in [0.25, 0.3) is 0 Å². The van der Waals surface area contributed by atoms with Gasteiger partial charge in [0.1, 0.15) is 0 Å². The summed E-state index contributed by atoms with van der Waals surface area (Å²) in [5.74, 6) is 0.329. The molecule has 1 heterocycles. The number of amides is 2. The number of carbonyl (C=O) groups is 2. The fourth-order valence-corrected chi connectivity index (χ4v) is 2.67. The lowest BCUT2D eigenvalue weighted by atomic mass is 9.92. The van der Waals surface area contributed by atoms with Crippen molar-refractivity contribution in [1.29, 1.82) is 0 Å². The molecule has 0 saturated heterocycles. The highest BCUT2D eigenvalue weighted by Crippen LogP contribution is 2.30. The van der Waals surface area contributed by atoms with Crippen molar-refractivity contribution < 1.29 is 14.3 Å². The zero-order valence-corrected chi connectivity index (χ0v) is 12.8. The summed E-state index contributed by atoms with van der Waals surface area (Å²) >= 11 is 0. The number of ether oxygens (including phenoxy) is 1. The maximum Gasteiger partial charge on any atom is 0.251 e. The van der Waals surface area contributed by atoms with Crippen LogP contribution in [0.5, 0.6) is 0 Å². The average molecular weight is 290 g/mol. The number of rotatable bonds is 4. The van der Waals surface area contributed by atoms with E-state index < -0.39 is 0 Å². The molecule has 0 saturated carbocycles. The Balaban J connectivity index is 2.20. The van der Waals surface area contributed by atoms with Crippen molar-refractivity contribution in [3.8, 4) is 0 Å². The van der Waals surface area contributed by atoms with Gasteiger partial charge >= 0.3 is 0 Å². The standard InChI is InChI=1S/C16H22N2O3/c1-11-8-14-9-13(16(20)17-6-7-21-3)4-5-15(14)18(10-11)12(2)19/h4-5,9,11H,6-8,10H2,1-3H3,(H,17,20). The van der Waals surface area contributed by atoms with E-state index in [1.165, 1.54) is 0 Å². The normalized spacial score (nSPS) is 17.3. The third kappa shape index (κ3) is 3.61. The van der Waals surface area contributed by atoms with Crippen molar-refractivity contribution in [2.24, 2.45) is 5.92 Å². The van der Waals surface area contributed by atoms with E-state index in [9.17, 15) is 9.59 Å². The first-order chi connectivity index (χ1) is 10.0. The second-order valence-corrected chi connectivity index (χ2v) is 5.53. The fourth-order valence-electron chi connectivity index (χ4n) is 2.67. The minimum Gasteiger partial charge on any atom is -0.383 e. The van der Waals surface area contributed by atoms with Crippen LogP contribution in [-0.2, 0) is 16.0 Å². The Hall–Kier alpha value is -1.88. The summed E-state index contributed by atoms with van der Waals surface area (Å²) < 4.78 is 4.91. The van der Waals surface area contributed by atoms with Crippen molar-refractivity contribution in [3.63, 3.8) is 0 Å². The van der Waals surface area contributed by atoms with E-state index in [0.29, 0.717) is 24.6 Å². The van der Waals surface area contributed by atoms with E-state index in [1.54, 1.807) is 25.0 Å². The van der Waals surface area contributed by atoms with Gasteiger partial charge in [0, 0.05) is 38.4 Å². The van der Waals surface area contributed by atoms with Crippen molar-refractivity contribution in [3.05, 3.63) is 29.3 Å². The van der Waals surface area contributed by atoms with E-state index in [1.807, 2.05) is 12.1 Å². The third-order valence-electron chi connectivity index (χ3n) is 3.67. The maximum atomic E-state index is 12.1. The number of nitrogens with zero attached hydrogens (tertiary/aromatic N) is 1. The van der Waals surface area contributed by atoms with Gasteiger partial charge in [-0.3, -0.25) is 9.59 Å². The lowest BCUT2D eigenvalue weighted by molar-refractivity contribution is -0.116. The lowest BCUT2D eigenvalue weighted by Crippen LogP contribution is -2.38. The predicted molar refractivity (Wildman–Crippen MR) is 81.5 cm³/mol. The molecule has 2 rings (SSSR count). The zero-order valence-electron chi connectivity index (χ0n) is 12.8. The second kappa shape index (κ2) is 6.72. The molecule has 21 heavy (non-hydrogen) atoms. The Kier molecular flexibility index (Phi) is 4.96. The molecule has 0 aromatic heterocycles. The number of benzene rings is 1. The number of hydrogen-bond acceptors (Lipinski definition) is 3. The molecule has 1 unspecified atom stereocenters. The van der Waals surface area contributed by atoms with E-state index in [4.69, 9.17) is 4.74 Å². The lowest BCUT2D eigenvalue weighted by Gasteiger charge is -2.32. The molecule has 0 bridgehead atoms. The van der Waals surface area contributed by atoms with Gasteiger partial charge < -0.3 is 15.0 Å². The van der Waals surface area contributed by atoms with Gasteiger partial charge in [0.25, 0.3) is 5.91 Å². The first-order valence-corrected chi connectivity index (χ1v) is 7.21. The molecular weight excluding hydrogens is 268 g/mol. The molecule has 0 aliphatic carbocycles. The van der Waals surface area contributed by atoms with Gasteiger partial charge in [-0.2, -0.15) is 0 Å². The van der Waals surface area contributed by atoms with E-state index in [0.717, 1.165) is 24.2 Å². The van der Waals surface area contributed by atoms with E-state index in [-0.39, 0.29) is 11.8 Å². The summed E-state index contributed by atoms with van der Waals surface area (Å²) in [6.45, 7) is 5.41. The van der Waals surface area contributed by atoms with Crippen LogP contribution in [0.15, 0.2) is 18.2 Å². The molecule has 1 aromatic carbocycles. The van der Waals surface area contributed by atoms with Crippen molar-refractivity contribution in [1.82, 2.24) is 5.32 Å². The molecule has 0 spiro atoms. The summed E-state index contributed by atoms with van der Waals surface area (Å²) in [5, 5.41) is 2.81. The van der Waals surface area contributed by atoms with Gasteiger partial charge in [0.2, 0.25) is 5.91 Å². The van der Waals surface area contributed by atoms with Gasteiger partial charge in [0.15, 0.2) is 0 Å². The second-order valence-electron chi connectivity index (χ2n) is 5.53. The molecule has 1 aliphatic heterocycles. The first kappa shape index (κ1) is 15.5. The summed E-state index contributed by atoms with van der Waals surface area (Å²) in [7, 11) is 1.60. The van der Waals surface area contributed by atoms with Crippen LogP contribution >= 0.6 is 0 Å². The molecule has 5 nitrogen and oxygen atoms in total. The molecule has 1 N–H and O–H groups in total. The van der Waals surface area contributed by atoms with Crippen LogP contribution < -0.4 is 10.2 Å². The quantitative estimate of drug-likeness (QED) is 0.857. The Morgan fingerprint density at radius 1 is 1.43 bits per heavy atom. The number of nitrogens with one attached hydrogen (secondary N) is 1. The van der Waals surface area contributed by atoms with Crippen LogP contribution in [0.4, 0.5) is 5.69 Å². The molecule has 2 amide bonds. The van der Waals surface area contributed by atoms with Crippen molar-refractivity contribution >= 4 is 17.5 Å². The number of anilines is 1. The molecule has 0 radical (unpaired) electrons. The van der Waals surface area contributed by atoms with Crippen LogP contribution in [0.3, 0.4) is 0 Å². The number of fused-ring (bicyclic) bond motifs is 1. The van der Waals surface area contributed by atoms with Crippen LogP contribution in [0.2, 0.25) is 0 Å². The fraction of sp³-hybridized carbons (Fsp3) is 0.500. The minimum atomic E-state index is -0.109. The number of hydrogen-bond donors (Lipinski definition) is 1. The number of carbonyl (C=O) groups excluding carboxylic acids is 2. The summed E-state index contributed by atoms with van der Waals surface area (Å²) in [6, 6.07) is 5.53. The maximum absolute atomic E-state index is 12.1. The Morgan fingerprint density at radius 2 is 2.19 bits per heavy atom. The summed E-state index contributed by atoms with van der Waals surface area (Å²) in [6.07, 6.45) is 0.887. The van der Waals surface area contributed by atoms with Gasteiger partial charge in [-0.1, -0.05) is 6.92 Å². The smallest absolute Gasteiger partial charge is 0.251 e. The largest absolute Gasteiger partial charge is 0.383 e. The highest BCUT2D eigenvalue weighted by atomic mass is 16.5. The molecular formula is C16H22N2O3. The Labute approximate surface area is 125 Å². The van der Waals surface area contributed by atoms with Gasteiger partial charge in [0.05, 0.1) is 6.61 Å². The molecule has 1 atom stereocenters. The molecule has 1 aromatic rings. The molecule has 5 heteroatoms. The van der Waals surface area contributed by atoms with Crippen molar-refractivity contribution in [2.75, 3.05) is 31.7 Å². The van der Waals surface area contributed by atoms with Crippen LogP contribution in [0, 0.1) is 5.92 Å². The van der Waals surface area contributed by atoms with Gasteiger partial charge in [-0.05, 0) is 36.1 Å². The highest BCUT2D eigenvalue weighted by Gasteiger charge is 2.25. The first-order valence-electron chi connectivity index (χ1n) is 7.21. The molecule has 114 valence electrons. The third-order valence-corrected chi connectivity index (χ3v) is 3.67. The van der Waals surface area contributed by atoms with Gasteiger partial charge in [-0.15, -0.1) is 0 Å². The van der Waals surface area contributed by atoms with Gasteiger partial charge in [-0.25, -0.2) is 0 Å². The number of methoxy groups -OCH3 is 1. The summed E-state index contributed by atoms with van der Waals surface area (Å²) in [4.78, 5) is 25.6. The monoisotopic (exact) mass is 290 g/mol. The van der Waals surface area contributed by atoms with Crippen molar-refractivity contribution in [2.45, 2.75) is 20.3 Å². The zero-order chi connectivity index (χ0) is 15.4. The molecule has 1 aliphatic rings. The van der Waals surface area contributed by atoms with Crippen LogP contribution in [0.1, 0.15) is 29.8 Å². The average Bonchev–Trinajstić information content (AvgIpc) is 2.45. The summed E-state index contributed by atoms with van der Waals surface area (Å²) in [5.41, 5.74) is 2.61. The predicted octanol–water partition coefficient (Wildman–Crippen LogP) is 1.61. The van der Waals surface area contributed by atoms with E-state index in [2.05, 4.69) is 12.2 Å². The Morgan fingerprint density at radius 3 is 2.86 bits per heavy atom. The topological polar surface area (TPSA) is 58.6 Å². The SMILES string of the molecule is COCCNC(=O)c1ccc2c(c1)CC(C)CN2C(C)=O. The minimum absolute atomic E-state index is 0.0418. The van der Waals surface area contributed by atoms with Crippen LogP contribution in [-0.4, -0.2) is 38.6 Å². The Bertz CT molecular complexity index is 542. The molecule has 0 fully saturated rings.